The van der Waals surface area contributed by atoms with Gasteiger partial charge in [-0.15, -0.1) is 0 Å². The van der Waals surface area contributed by atoms with E-state index in [1.165, 1.54) is 7.11 Å². The summed E-state index contributed by atoms with van der Waals surface area (Å²) in [6.45, 7) is 0.0156. The topological polar surface area (TPSA) is 35.5 Å². The molecule has 0 rings (SSSR count). The SMILES string of the molecule is COC(=O)COCBr. The first-order valence-corrected chi connectivity index (χ1v) is 3.14. The molecule has 0 aromatic rings. The van der Waals surface area contributed by atoms with Crippen LogP contribution < -0.4 is 0 Å². The second kappa shape index (κ2) is 5.05. The largest absolute Gasteiger partial charge is 0.467 e. The molecular weight excluding hydrogens is 176 g/mol. The summed E-state index contributed by atoms with van der Waals surface area (Å²) in [4.78, 5) is 10.2. The first-order chi connectivity index (χ1) is 3.81. The van der Waals surface area contributed by atoms with Crippen molar-refractivity contribution < 1.29 is 14.3 Å². The summed E-state index contributed by atoms with van der Waals surface area (Å²) in [5.41, 5.74) is 0.363. The van der Waals surface area contributed by atoms with Crippen LogP contribution in [-0.4, -0.2) is 25.2 Å². The zero-order valence-corrected chi connectivity index (χ0v) is 6.10. The molecule has 0 bridgehead atoms. The Hall–Kier alpha value is -0.0900. The Morgan fingerprint density at radius 2 is 2.38 bits per heavy atom. The summed E-state index contributed by atoms with van der Waals surface area (Å²) in [7, 11) is 1.32. The molecule has 48 valence electrons. The van der Waals surface area contributed by atoms with Gasteiger partial charge >= 0.3 is 5.97 Å². The summed E-state index contributed by atoms with van der Waals surface area (Å²) in [6, 6.07) is 0. The van der Waals surface area contributed by atoms with Crippen molar-refractivity contribution in [3.8, 4) is 0 Å². The summed E-state index contributed by atoms with van der Waals surface area (Å²) in [5.74, 6) is -0.357. The van der Waals surface area contributed by atoms with E-state index in [1.54, 1.807) is 0 Å². The van der Waals surface area contributed by atoms with Gasteiger partial charge in [0.25, 0.3) is 0 Å². The number of methoxy groups -OCH3 is 1. The van der Waals surface area contributed by atoms with Crippen LogP contribution in [0.3, 0.4) is 0 Å². The van der Waals surface area contributed by atoms with Crippen molar-refractivity contribution in [1.29, 1.82) is 0 Å². The van der Waals surface area contributed by atoms with E-state index in [2.05, 4.69) is 25.4 Å². The molecule has 0 saturated carbocycles. The van der Waals surface area contributed by atoms with Gasteiger partial charge in [0.15, 0.2) is 0 Å². The van der Waals surface area contributed by atoms with Gasteiger partial charge in [-0.1, -0.05) is 15.9 Å². The Balaban J connectivity index is 2.99. The number of alkyl halides is 1. The molecule has 4 heteroatoms. The molecule has 0 atom stereocenters. The van der Waals surface area contributed by atoms with Crippen molar-refractivity contribution in [2.45, 2.75) is 0 Å². The molecule has 0 aliphatic rings. The smallest absolute Gasteiger partial charge is 0.331 e. The van der Waals surface area contributed by atoms with E-state index in [0.717, 1.165) is 0 Å². The molecule has 0 aromatic heterocycles. The Morgan fingerprint density at radius 1 is 1.75 bits per heavy atom. The third-order valence-corrected chi connectivity index (χ3v) is 0.848. The summed E-state index contributed by atoms with van der Waals surface area (Å²) >= 11 is 2.98. The number of hydrogen-bond donors (Lipinski definition) is 0. The average Bonchev–Trinajstić information content (AvgIpc) is 1.83. The lowest BCUT2D eigenvalue weighted by molar-refractivity contribution is -0.145. The van der Waals surface area contributed by atoms with Gasteiger partial charge in [0.2, 0.25) is 0 Å². The van der Waals surface area contributed by atoms with Gasteiger partial charge in [0, 0.05) is 0 Å². The molecule has 0 N–H and O–H groups in total. The van der Waals surface area contributed by atoms with Gasteiger partial charge in [-0.3, -0.25) is 0 Å². The molecule has 0 aliphatic carbocycles. The fourth-order valence-electron chi connectivity index (χ4n) is 0.181. The Kier molecular flexibility index (Phi) is 5.00. The number of hydrogen-bond acceptors (Lipinski definition) is 3. The highest BCUT2D eigenvalue weighted by Crippen LogP contribution is 1.82. The van der Waals surface area contributed by atoms with E-state index in [9.17, 15) is 4.79 Å². The maximum Gasteiger partial charge on any atom is 0.331 e. The van der Waals surface area contributed by atoms with Gasteiger partial charge in [-0.2, -0.15) is 0 Å². The van der Waals surface area contributed by atoms with Crippen molar-refractivity contribution >= 4 is 21.9 Å². The van der Waals surface area contributed by atoms with E-state index in [0.29, 0.717) is 5.52 Å². The molecule has 3 nitrogen and oxygen atoms in total. The third kappa shape index (κ3) is 4.08. The first kappa shape index (κ1) is 7.91. The normalized spacial score (nSPS) is 8.75. The van der Waals surface area contributed by atoms with Crippen molar-refractivity contribution in [3.63, 3.8) is 0 Å². The molecule has 0 unspecified atom stereocenters. The maximum atomic E-state index is 10.2. The predicted octanol–water partition coefficient (Wildman–Crippen LogP) is 0.528. The fourth-order valence-corrected chi connectivity index (χ4v) is 0.343. The van der Waals surface area contributed by atoms with Gasteiger partial charge in [-0.25, -0.2) is 4.79 Å². The monoisotopic (exact) mass is 182 g/mol. The zero-order chi connectivity index (χ0) is 6.41. The van der Waals surface area contributed by atoms with Crippen molar-refractivity contribution in [3.05, 3.63) is 0 Å². The minimum atomic E-state index is -0.357. The number of carbonyl (C=O) groups excluding carboxylic acids is 1. The molecule has 0 radical (unpaired) electrons. The molecule has 0 aromatic carbocycles. The van der Waals surface area contributed by atoms with Crippen LogP contribution in [0.25, 0.3) is 0 Å². The van der Waals surface area contributed by atoms with Crippen LogP contribution in [0, 0.1) is 0 Å². The van der Waals surface area contributed by atoms with E-state index in [4.69, 9.17) is 0 Å². The molecular formula is C4H7BrO3. The van der Waals surface area contributed by atoms with Crippen LogP contribution in [0.5, 0.6) is 0 Å². The number of esters is 1. The second-order valence-electron chi connectivity index (χ2n) is 1.03. The number of halogens is 1. The zero-order valence-electron chi connectivity index (χ0n) is 4.52. The highest BCUT2D eigenvalue weighted by molar-refractivity contribution is 9.09. The standard InChI is InChI=1S/C4H7BrO3/c1-7-4(6)2-8-3-5/h2-3H2,1H3. The molecule has 0 heterocycles. The molecule has 8 heavy (non-hydrogen) atoms. The lowest BCUT2D eigenvalue weighted by Crippen LogP contribution is -2.08. The lowest BCUT2D eigenvalue weighted by Gasteiger charge is -1.95. The Morgan fingerprint density at radius 3 is 2.75 bits per heavy atom. The summed E-state index contributed by atoms with van der Waals surface area (Å²) < 4.78 is 8.90. The first-order valence-electron chi connectivity index (χ1n) is 2.01. The van der Waals surface area contributed by atoms with E-state index in [-0.39, 0.29) is 12.6 Å². The van der Waals surface area contributed by atoms with Gasteiger partial charge < -0.3 is 9.47 Å². The molecule has 0 saturated heterocycles. The van der Waals surface area contributed by atoms with Crippen LogP contribution in [-0.2, 0) is 14.3 Å². The fraction of sp³-hybridized carbons (Fsp3) is 0.750. The highest BCUT2D eigenvalue weighted by atomic mass is 79.9. The van der Waals surface area contributed by atoms with Crippen LogP contribution in [0.4, 0.5) is 0 Å². The van der Waals surface area contributed by atoms with Crippen molar-refractivity contribution in [2.75, 3.05) is 19.2 Å². The average molecular weight is 183 g/mol. The molecule has 0 aliphatic heterocycles. The van der Waals surface area contributed by atoms with Crippen LogP contribution >= 0.6 is 15.9 Å². The third-order valence-electron chi connectivity index (χ3n) is 0.525. The second-order valence-corrected chi connectivity index (χ2v) is 1.49. The van der Waals surface area contributed by atoms with Gasteiger partial charge in [0.1, 0.15) is 12.1 Å². The summed E-state index contributed by atoms with van der Waals surface area (Å²) in [6.07, 6.45) is 0. The Bertz CT molecular complexity index is 73.7. The highest BCUT2D eigenvalue weighted by Gasteiger charge is 1.95. The van der Waals surface area contributed by atoms with Crippen LogP contribution in [0.1, 0.15) is 0 Å². The van der Waals surface area contributed by atoms with Crippen LogP contribution in [0.2, 0.25) is 0 Å². The molecule has 0 amide bonds. The minimum Gasteiger partial charge on any atom is -0.467 e. The lowest BCUT2D eigenvalue weighted by atomic mass is 10.7. The predicted molar refractivity (Wildman–Crippen MR) is 31.8 cm³/mol. The number of carbonyl (C=O) groups is 1. The van der Waals surface area contributed by atoms with E-state index < -0.39 is 0 Å². The van der Waals surface area contributed by atoms with Crippen molar-refractivity contribution in [2.24, 2.45) is 0 Å². The van der Waals surface area contributed by atoms with Gasteiger partial charge in [-0.05, 0) is 0 Å². The number of ether oxygens (including phenoxy) is 2. The number of rotatable bonds is 3. The van der Waals surface area contributed by atoms with Crippen LogP contribution in [0.15, 0.2) is 0 Å². The Labute approximate surface area is 56.1 Å². The minimum absolute atomic E-state index is 0.0156. The molecule has 0 spiro atoms. The quantitative estimate of drug-likeness (QED) is 0.472. The van der Waals surface area contributed by atoms with Gasteiger partial charge in [0.05, 0.1) is 7.11 Å². The molecule has 0 fully saturated rings. The van der Waals surface area contributed by atoms with Crippen molar-refractivity contribution in [1.82, 2.24) is 0 Å². The summed E-state index contributed by atoms with van der Waals surface area (Å²) in [5, 5.41) is 0. The van der Waals surface area contributed by atoms with E-state index >= 15 is 0 Å². The maximum absolute atomic E-state index is 10.2. The van der Waals surface area contributed by atoms with E-state index in [1.807, 2.05) is 0 Å².